The average molecular weight is 328 g/mol. The highest BCUT2D eigenvalue weighted by Crippen LogP contribution is 2.32. The lowest BCUT2D eigenvalue weighted by atomic mass is 10.2. The van der Waals surface area contributed by atoms with E-state index in [1.54, 1.807) is 24.4 Å². The standard InChI is InChI=1S/C17H16N2O3S/c1-3-22-12-7-8-13-15(9-12)23-17(19-13)18-10-11-5-4-6-14(21-2)16(11)20/h4-10,20H,3H2,1-2H3. The summed E-state index contributed by atoms with van der Waals surface area (Å²) in [4.78, 5) is 8.81. The van der Waals surface area contributed by atoms with Gasteiger partial charge in [0.15, 0.2) is 11.5 Å². The number of thiazole rings is 1. The molecule has 3 rings (SSSR count). The molecule has 5 nitrogen and oxygen atoms in total. The molecule has 0 aliphatic heterocycles. The third kappa shape index (κ3) is 3.27. The minimum Gasteiger partial charge on any atom is -0.504 e. The molecule has 2 aromatic carbocycles. The molecule has 6 heteroatoms. The first-order valence-electron chi connectivity index (χ1n) is 7.14. The van der Waals surface area contributed by atoms with Crippen LogP contribution in [0.25, 0.3) is 10.2 Å². The fourth-order valence-electron chi connectivity index (χ4n) is 2.14. The van der Waals surface area contributed by atoms with Gasteiger partial charge in [-0.05, 0) is 37.3 Å². The molecule has 23 heavy (non-hydrogen) atoms. The van der Waals surface area contributed by atoms with E-state index in [1.165, 1.54) is 18.4 Å². The van der Waals surface area contributed by atoms with E-state index in [2.05, 4.69) is 9.98 Å². The van der Waals surface area contributed by atoms with E-state index in [-0.39, 0.29) is 5.75 Å². The number of aromatic nitrogens is 1. The number of methoxy groups -OCH3 is 1. The first-order valence-corrected chi connectivity index (χ1v) is 7.96. The Hall–Kier alpha value is -2.60. The lowest BCUT2D eigenvalue weighted by Gasteiger charge is -2.04. The second-order valence-electron chi connectivity index (χ2n) is 4.72. The Bertz CT molecular complexity index is 858. The Morgan fingerprint density at radius 1 is 1.30 bits per heavy atom. The third-order valence-electron chi connectivity index (χ3n) is 3.22. The van der Waals surface area contributed by atoms with Crippen molar-refractivity contribution in [2.75, 3.05) is 13.7 Å². The number of nitrogens with zero attached hydrogens (tertiary/aromatic N) is 2. The van der Waals surface area contributed by atoms with Crippen molar-refractivity contribution in [3.8, 4) is 17.2 Å². The average Bonchev–Trinajstić information content (AvgIpc) is 2.96. The fourth-order valence-corrected chi connectivity index (χ4v) is 2.98. The summed E-state index contributed by atoms with van der Waals surface area (Å²) in [6.45, 7) is 2.58. The number of ether oxygens (including phenoxy) is 2. The molecule has 0 spiro atoms. The molecular formula is C17H16N2O3S. The fraction of sp³-hybridized carbons (Fsp3) is 0.176. The zero-order valence-electron chi connectivity index (χ0n) is 12.8. The first kappa shape index (κ1) is 15.3. The third-order valence-corrected chi connectivity index (χ3v) is 4.15. The van der Waals surface area contributed by atoms with Crippen LogP contribution in [-0.4, -0.2) is 30.0 Å². The van der Waals surface area contributed by atoms with E-state index in [0.717, 1.165) is 16.0 Å². The van der Waals surface area contributed by atoms with Crippen molar-refractivity contribution in [2.45, 2.75) is 6.92 Å². The Morgan fingerprint density at radius 2 is 2.17 bits per heavy atom. The van der Waals surface area contributed by atoms with Crippen LogP contribution in [0.2, 0.25) is 0 Å². The van der Waals surface area contributed by atoms with Gasteiger partial charge in [0.25, 0.3) is 0 Å². The topological polar surface area (TPSA) is 63.9 Å². The van der Waals surface area contributed by atoms with Gasteiger partial charge in [-0.3, -0.25) is 0 Å². The number of benzene rings is 2. The number of phenols is 1. The number of para-hydroxylation sites is 1. The Kier molecular flexibility index (Phi) is 4.43. The predicted molar refractivity (Wildman–Crippen MR) is 92.7 cm³/mol. The van der Waals surface area contributed by atoms with Crippen molar-refractivity contribution >= 4 is 32.9 Å². The molecule has 0 atom stereocenters. The maximum atomic E-state index is 10.1. The summed E-state index contributed by atoms with van der Waals surface area (Å²) in [6, 6.07) is 11.0. The predicted octanol–water partition coefficient (Wildman–Crippen LogP) is 4.16. The number of rotatable bonds is 5. The van der Waals surface area contributed by atoms with E-state index < -0.39 is 0 Å². The van der Waals surface area contributed by atoms with Gasteiger partial charge in [-0.2, -0.15) is 0 Å². The van der Waals surface area contributed by atoms with Gasteiger partial charge < -0.3 is 14.6 Å². The molecule has 0 radical (unpaired) electrons. The van der Waals surface area contributed by atoms with Gasteiger partial charge in [-0.15, -0.1) is 0 Å². The Labute approximate surface area is 137 Å². The molecule has 1 aromatic heterocycles. The molecule has 1 N–H and O–H groups in total. The molecule has 1 heterocycles. The minimum absolute atomic E-state index is 0.0680. The summed E-state index contributed by atoms with van der Waals surface area (Å²) in [5.41, 5.74) is 1.46. The number of aliphatic imine (C=N–C) groups is 1. The van der Waals surface area contributed by atoms with E-state index in [0.29, 0.717) is 23.1 Å². The number of phenolic OH excluding ortho intramolecular Hbond substituents is 1. The molecule has 0 fully saturated rings. The highest BCUT2D eigenvalue weighted by atomic mass is 32.1. The second-order valence-corrected chi connectivity index (χ2v) is 5.72. The molecule has 3 aromatic rings. The van der Waals surface area contributed by atoms with Crippen LogP contribution in [0.4, 0.5) is 5.13 Å². The number of fused-ring (bicyclic) bond motifs is 1. The van der Waals surface area contributed by atoms with Crippen LogP contribution in [0.15, 0.2) is 41.4 Å². The van der Waals surface area contributed by atoms with Crippen LogP contribution in [0.5, 0.6) is 17.2 Å². The van der Waals surface area contributed by atoms with Crippen molar-refractivity contribution in [3.05, 3.63) is 42.0 Å². The van der Waals surface area contributed by atoms with Crippen LogP contribution in [0, 0.1) is 0 Å². The normalized spacial score (nSPS) is 11.2. The molecule has 0 aliphatic carbocycles. The molecule has 0 saturated heterocycles. The molecule has 0 bridgehead atoms. The van der Waals surface area contributed by atoms with Gasteiger partial charge in [-0.25, -0.2) is 9.98 Å². The smallest absolute Gasteiger partial charge is 0.210 e. The molecule has 118 valence electrons. The maximum absolute atomic E-state index is 10.1. The van der Waals surface area contributed by atoms with Crippen LogP contribution < -0.4 is 9.47 Å². The highest BCUT2D eigenvalue weighted by Gasteiger charge is 2.07. The van der Waals surface area contributed by atoms with Gasteiger partial charge in [0.2, 0.25) is 5.13 Å². The highest BCUT2D eigenvalue weighted by molar-refractivity contribution is 7.22. The van der Waals surface area contributed by atoms with Crippen molar-refractivity contribution in [1.29, 1.82) is 0 Å². The lowest BCUT2D eigenvalue weighted by Crippen LogP contribution is -1.89. The van der Waals surface area contributed by atoms with Crippen molar-refractivity contribution in [1.82, 2.24) is 4.98 Å². The summed E-state index contributed by atoms with van der Waals surface area (Å²) in [5.74, 6) is 1.31. The SMILES string of the molecule is CCOc1ccc2nc(N=Cc3cccc(OC)c3O)sc2c1. The van der Waals surface area contributed by atoms with Crippen LogP contribution in [0.1, 0.15) is 12.5 Å². The Balaban J connectivity index is 1.89. The quantitative estimate of drug-likeness (QED) is 0.714. The van der Waals surface area contributed by atoms with E-state index >= 15 is 0 Å². The van der Waals surface area contributed by atoms with Gasteiger partial charge >= 0.3 is 0 Å². The molecular weight excluding hydrogens is 312 g/mol. The first-order chi connectivity index (χ1) is 11.2. The number of hydrogen-bond donors (Lipinski definition) is 1. The zero-order chi connectivity index (χ0) is 16.2. The molecule has 0 unspecified atom stereocenters. The summed E-state index contributed by atoms with van der Waals surface area (Å²) in [6.07, 6.45) is 1.58. The largest absolute Gasteiger partial charge is 0.504 e. The molecule has 0 aliphatic rings. The molecule has 0 amide bonds. The zero-order valence-corrected chi connectivity index (χ0v) is 13.6. The summed E-state index contributed by atoms with van der Waals surface area (Å²) in [5, 5.41) is 10.7. The van der Waals surface area contributed by atoms with Crippen LogP contribution >= 0.6 is 11.3 Å². The van der Waals surface area contributed by atoms with Crippen molar-refractivity contribution < 1.29 is 14.6 Å². The van der Waals surface area contributed by atoms with E-state index in [1.807, 2.05) is 25.1 Å². The minimum atomic E-state index is 0.0680. The van der Waals surface area contributed by atoms with Crippen LogP contribution in [-0.2, 0) is 0 Å². The summed E-state index contributed by atoms with van der Waals surface area (Å²) in [7, 11) is 1.51. The summed E-state index contributed by atoms with van der Waals surface area (Å²) < 4.78 is 11.6. The van der Waals surface area contributed by atoms with E-state index in [4.69, 9.17) is 9.47 Å². The second kappa shape index (κ2) is 6.66. The monoisotopic (exact) mass is 328 g/mol. The summed E-state index contributed by atoms with van der Waals surface area (Å²) >= 11 is 1.47. The maximum Gasteiger partial charge on any atom is 0.210 e. The van der Waals surface area contributed by atoms with Gasteiger partial charge in [0.1, 0.15) is 5.75 Å². The Morgan fingerprint density at radius 3 is 2.96 bits per heavy atom. The van der Waals surface area contributed by atoms with Gasteiger partial charge in [0.05, 0.1) is 23.9 Å². The number of aromatic hydroxyl groups is 1. The van der Waals surface area contributed by atoms with Gasteiger partial charge in [0, 0.05) is 11.8 Å². The van der Waals surface area contributed by atoms with Crippen molar-refractivity contribution in [2.24, 2.45) is 4.99 Å². The van der Waals surface area contributed by atoms with Gasteiger partial charge in [-0.1, -0.05) is 17.4 Å². The lowest BCUT2D eigenvalue weighted by molar-refractivity contribution is 0.341. The number of hydrogen-bond acceptors (Lipinski definition) is 6. The van der Waals surface area contributed by atoms with Crippen LogP contribution in [0.3, 0.4) is 0 Å². The molecule has 0 saturated carbocycles. The van der Waals surface area contributed by atoms with E-state index in [9.17, 15) is 5.11 Å². The van der Waals surface area contributed by atoms with Crippen molar-refractivity contribution in [3.63, 3.8) is 0 Å².